The number of rotatable bonds is 8. The summed E-state index contributed by atoms with van der Waals surface area (Å²) >= 11 is 0. The zero-order chi connectivity index (χ0) is 23.3. The number of methoxy groups -OCH3 is 1. The van der Waals surface area contributed by atoms with Gasteiger partial charge in [-0.1, -0.05) is 18.2 Å². The maximum atomic E-state index is 13.0. The smallest absolute Gasteiger partial charge is 0.270 e. The summed E-state index contributed by atoms with van der Waals surface area (Å²) < 4.78 is 33.6. The van der Waals surface area contributed by atoms with Crippen LogP contribution in [0.4, 0.5) is 17.1 Å². The van der Waals surface area contributed by atoms with E-state index in [1.165, 1.54) is 37.4 Å². The molecule has 0 unspecified atom stereocenters. The first-order valence-corrected chi connectivity index (χ1v) is 10.5. The lowest BCUT2D eigenvalue weighted by Gasteiger charge is -2.14. The molecule has 4 N–H and O–H groups in total. The minimum absolute atomic E-state index is 0.0612. The van der Waals surface area contributed by atoms with Gasteiger partial charge in [0.25, 0.3) is 15.7 Å². The van der Waals surface area contributed by atoms with Crippen molar-refractivity contribution in [2.45, 2.75) is 4.90 Å². The molecule has 11 nitrogen and oxygen atoms in total. The lowest BCUT2D eigenvalue weighted by molar-refractivity contribution is -0.385. The highest BCUT2D eigenvalue weighted by atomic mass is 32.2. The normalized spacial score (nSPS) is 11.3. The van der Waals surface area contributed by atoms with Crippen molar-refractivity contribution in [1.29, 1.82) is 0 Å². The lowest BCUT2D eigenvalue weighted by atomic mass is 10.2. The molecule has 166 valence electrons. The zero-order valence-electron chi connectivity index (χ0n) is 16.6. The first-order valence-electron chi connectivity index (χ1n) is 8.97. The highest BCUT2D eigenvalue weighted by Gasteiger charge is 2.23. The van der Waals surface area contributed by atoms with Gasteiger partial charge >= 0.3 is 0 Å². The van der Waals surface area contributed by atoms with E-state index in [0.717, 1.165) is 18.3 Å². The molecule has 0 bridgehead atoms. The summed E-state index contributed by atoms with van der Waals surface area (Å²) in [7, 11) is -2.93. The maximum absolute atomic E-state index is 13.0. The zero-order valence-corrected chi connectivity index (χ0v) is 17.4. The number of nitrogens with one attached hydrogen (secondary N) is 2. The predicted octanol–water partition coefficient (Wildman–Crippen LogP) is 3.26. The molecule has 12 heteroatoms. The number of non-ortho nitro benzene ring substituents is 1. The molecule has 3 aromatic rings. The predicted molar refractivity (Wildman–Crippen MR) is 118 cm³/mol. The van der Waals surface area contributed by atoms with Crippen LogP contribution in [0.3, 0.4) is 0 Å². The van der Waals surface area contributed by atoms with Crippen LogP contribution in [0.5, 0.6) is 17.2 Å². The van der Waals surface area contributed by atoms with Crippen LogP contribution in [0.2, 0.25) is 0 Å². The maximum Gasteiger partial charge on any atom is 0.270 e. The number of hydrogen-bond acceptors (Lipinski definition) is 9. The molecule has 0 heterocycles. The molecule has 0 aliphatic rings. The topological polar surface area (TPSA) is 163 Å². The number of anilines is 2. The number of phenols is 2. The van der Waals surface area contributed by atoms with Crippen LogP contribution in [0.1, 0.15) is 5.56 Å². The van der Waals surface area contributed by atoms with E-state index in [1.807, 2.05) is 0 Å². The molecular weight excluding hydrogens is 440 g/mol. The Balaban J connectivity index is 1.98. The summed E-state index contributed by atoms with van der Waals surface area (Å²) in [5.74, 6) is -0.505. The van der Waals surface area contributed by atoms with E-state index in [2.05, 4.69) is 15.2 Å². The minimum Gasteiger partial charge on any atom is -0.504 e. The highest BCUT2D eigenvalue weighted by molar-refractivity contribution is 7.93. The average molecular weight is 458 g/mol. The number of nitro groups is 1. The molecule has 0 amide bonds. The van der Waals surface area contributed by atoms with Gasteiger partial charge in [0.1, 0.15) is 10.6 Å². The van der Waals surface area contributed by atoms with Gasteiger partial charge in [-0.05, 0) is 30.3 Å². The minimum atomic E-state index is -4.30. The van der Waals surface area contributed by atoms with Gasteiger partial charge in [-0.15, -0.1) is 0 Å². The Bertz CT molecular complexity index is 1290. The number of sulfonamides is 1. The largest absolute Gasteiger partial charge is 0.504 e. The number of hydrogen-bond donors (Lipinski definition) is 4. The Morgan fingerprint density at radius 1 is 1.06 bits per heavy atom. The van der Waals surface area contributed by atoms with E-state index in [-0.39, 0.29) is 28.4 Å². The second kappa shape index (κ2) is 9.22. The molecule has 0 aliphatic carbocycles. The molecule has 0 aromatic heterocycles. The van der Waals surface area contributed by atoms with E-state index in [1.54, 1.807) is 18.2 Å². The van der Waals surface area contributed by atoms with Crippen LogP contribution in [0, 0.1) is 10.1 Å². The van der Waals surface area contributed by atoms with E-state index >= 15 is 0 Å². The van der Waals surface area contributed by atoms with E-state index in [4.69, 9.17) is 4.74 Å². The third-order valence-electron chi connectivity index (χ3n) is 4.25. The fourth-order valence-corrected chi connectivity index (χ4v) is 3.94. The van der Waals surface area contributed by atoms with Gasteiger partial charge in [0, 0.05) is 17.7 Å². The molecule has 0 spiro atoms. The van der Waals surface area contributed by atoms with Crippen molar-refractivity contribution in [1.82, 2.24) is 0 Å². The Morgan fingerprint density at radius 2 is 1.81 bits per heavy atom. The molecule has 0 saturated carbocycles. The first kappa shape index (κ1) is 22.4. The van der Waals surface area contributed by atoms with Crippen LogP contribution in [-0.4, -0.2) is 36.9 Å². The van der Waals surface area contributed by atoms with Gasteiger partial charge < -0.3 is 14.9 Å². The Morgan fingerprint density at radius 3 is 2.53 bits per heavy atom. The summed E-state index contributed by atoms with van der Waals surface area (Å²) in [6.45, 7) is 0. The van der Waals surface area contributed by atoms with Gasteiger partial charge in [0.05, 0.1) is 29.6 Å². The van der Waals surface area contributed by atoms with Crippen molar-refractivity contribution in [2.75, 3.05) is 17.3 Å². The number of benzene rings is 3. The summed E-state index contributed by atoms with van der Waals surface area (Å²) in [5.41, 5.74) is 2.30. The third kappa shape index (κ3) is 4.87. The van der Waals surface area contributed by atoms with E-state index < -0.39 is 31.3 Å². The van der Waals surface area contributed by atoms with Gasteiger partial charge in [-0.2, -0.15) is 5.10 Å². The summed E-state index contributed by atoms with van der Waals surface area (Å²) in [5, 5.41) is 34.4. The highest BCUT2D eigenvalue weighted by Crippen LogP contribution is 2.31. The van der Waals surface area contributed by atoms with Crippen molar-refractivity contribution in [3.05, 3.63) is 76.3 Å². The Kier molecular flexibility index (Phi) is 6.45. The summed E-state index contributed by atoms with van der Waals surface area (Å²) in [6.07, 6.45) is 1.15. The second-order valence-corrected chi connectivity index (χ2v) is 7.98. The number of nitrogens with zero attached hydrogens (tertiary/aromatic N) is 2. The van der Waals surface area contributed by atoms with Crippen molar-refractivity contribution in [3.63, 3.8) is 0 Å². The second-order valence-electron chi connectivity index (χ2n) is 6.33. The Hall–Kier alpha value is -4.32. The van der Waals surface area contributed by atoms with Crippen LogP contribution < -0.4 is 14.9 Å². The van der Waals surface area contributed by atoms with Crippen LogP contribution in [0.25, 0.3) is 0 Å². The van der Waals surface area contributed by atoms with Crippen LogP contribution in [-0.2, 0) is 10.0 Å². The van der Waals surface area contributed by atoms with Crippen molar-refractivity contribution < 1.29 is 28.3 Å². The fraction of sp³-hybridized carbons (Fsp3) is 0.0500. The molecule has 32 heavy (non-hydrogen) atoms. The molecule has 0 aliphatic heterocycles. The monoisotopic (exact) mass is 458 g/mol. The molecule has 3 aromatic carbocycles. The number of ether oxygens (including phenoxy) is 1. The van der Waals surface area contributed by atoms with E-state index in [9.17, 15) is 28.7 Å². The van der Waals surface area contributed by atoms with E-state index in [0.29, 0.717) is 0 Å². The number of phenolic OH excluding ortho intramolecular Hbond substituents is 2. The van der Waals surface area contributed by atoms with Gasteiger partial charge in [0.2, 0.25) is 0 Å². The van der Waals surface area contributed by atoms with Crippen LogP contribution in [0.15, 0.2) is 70.7 Å². The lowest BCUT2D eigenvalue weighted by Crippen LogP contribution is -2.15. The Labute approximate surface area is 182 Å². The van der Waals surface area contributed by atoms with Crippen LogP contribution >= 0.6 is 0 Å². The van der Waals surface area contributed by atoms with Gasteiger partial charge in [-0.3, -0.25) is 20.3 Å². The number of para-hydroxylation sites is 3. The standard InChI is InChI=1S/C20H18N4O7S/c1-31-18-8-3-2-6-15(18)23-32(29,30)19-11-14(24(27)28)9-10-16(19)22-21-12-13-5-4-7-17(25)20(13)26/h2-12,22-23,25-26H,1H3. The number of nitro benzene ring substituents is 1. The molecule has 0 fully saturated rings. The third-order valence-corrected chi connectivity index (χ3v) is 5.66. The molecular formula is C20H18N4O7S. The van der Waals surface area contributed by atoms with Gasteiger partial charge in [0.15, 0.2) is 11.5 Å². The first-order chi connectivity index (χ1) is 15.2. The SMILES string of the molecule is COc1ccccc1NS(=O)(=O)c1cc([N+](=O)[O-])ccc1NN=Cc1cccc(O)c1O. The summed E-state index contributed by atoms with van der Waals surface area (Å²) in [4.78, 5) is 10.0. The average Bonchev–Trinajstić information content (AvgIpc) is 2.76. The van der Waals surface area contributed by atoms with Crippen molar-refractivity contribution in [3.8, 4) is 17.2 Å². The summed E-state index contributed by atoms with van der Waals surface area (Å²) in [6, 6.07) is 13.7. The molecule has 0 saturated heterocycles. The fourth-order valence-electron chi connectivity index (χ4n) is 2.69. The number of aromatic hydroxyl groups is 2. The molecule has 0 atom stereocenters. The molecule has 0 radical (unpaired) electrons. The van der Waals surface area contributed by atoms with Gasteiger partial charge in [-0.25, -0.2) is 8.42 Å². The number of hydrazone groups is 1. The molecule has 3 rings (SSSR count). The van der Waals surface area contributed by atoms with Crippen molar-refractivity contribution >= 4 is 33.3 Å². The quantitative estimate of drug-likeness (QED) is 0.173. The van der Waals surface area contributed by atoms with Crippen molar-refractivity contribution in [2.24, 2.45) is 5.10 Å².